The van der Waals surface area contributed by atoms with Crippen molar-refractivity contribution < 1.29 is 9.31 Å². The normalized spacial score (nSPS) is 14.6. The van der Waals surface area contributed by atoms with Crippen LogP contribution in [0.4, 0.5) is 11.6 Å². The molecule has 1 saturated heterocycles. The van der Waals surface area contributed by atoms with E-state index < -0.39 is 7.12 Å². The van der Waals surface area contributed by atoms with Gasteiger partial charge in [0.25, 0.3) is 0 Å². The first-order valence-electron chi connectivity index (χ1n) is 22.5. The van der Waals surface area contributed by atoms with Crippen LogP contribution in [0.25, 0.3) is 55.3 Å². The van der Waals surface area contributed by atoms with Gasteiger partial charge < -0.3 is 29.9 Å². The Morgan fingerprint density at radius 2 is 1.06 bits per heavy atom. The van der Waals surface area contributed by atoms with Crippen molar-refractivity contribution in [2.24, 2.45) is 0 Å². The Morgan fingerprint density at radius 1 is 0.565 bits per heavy atom. The molecule has 1 fully saturated rings. The number of pyridine rings is 2. The number of benzene rings is 4. The third-order valence-electron chi connectivity index (χ3n) is 12.3. The number of fused-ring (bicyclic) bond motifs is 4. The first-order chi connectivity index (χ1) is 32.7. The highest BCUT2D eigenvalue weighted by Gasteiger charge is 2.51. The molecule has 10 aromatic rings. The third kappa shape index (κ3) is 10.8. The minimum Gasteiger partial charge on any atom is -0.399 e. The molecule has 0 radical (unpaired) electrons. The van der Waals surface area contributed by atoms with Gasteiger partial charge >= 0.3 is 7.12 Å². The van der Waals surface area contributed by atoms with Gasteiger partial charge in [-0.25, -0.2) is 39.9 Å². The van der Waals surface area contributed by atoms with E-state index in [1.165, 1.54) is 11.1 Å². The molecule has 11 rings (SSSR count). The number of aryl methyl sites for hydroxylation is 2. The van der Waals surface area contributed by atoms with Gasteiger partial charge in [-0.3, -0.25) is 0 Å². The SMILES string of the molecule is C.CC(Nc1ncnc2ccc(B3OC(C)(C)C(C)(C)O3)cc12)c1ccccc1.Cc1nc2ncc(-c3ccc4ncnc(NC(C)c5ccccc5)c4c3)cc2[nH]1.Cc1nc2ncc(Br)cc2[nH]1. The zero-order valence-electron chi connectivity index (χ0n) is 39.2. The minimum absolute atomic E-state index is 0. The van der Waals surface area contributed by atoms with E-state index in [9.17, 15) is 0 Å². The van der Waals surface area contributed by atoms with Gasteiger partial charge in [-0.15, -0.1) is 0 Å². The summed E-state index contributed by atoms with van der Waals surface area (Å²) in [5, 5.41) is 8.98. The molecule has 69 heavy (non-hydrogen) atoms. The Morgan fingerprint density at radius 3 is 1.61 bits per heavy atom. The number of nitrogens with one attached hydrogen (secondary N) is 4. The molecule has 4 aromatic carbocycles. The van der Waals surface area contributed by atoms with Crippen LogP contribution in [0.3, 0.4) is 0 Å². The Labute approximate surface area is 410 Å². The Hall–Kier alpha value is -7.14. The third-order valence-corrected chi connectivity index (χ3v) is 12.8. The molecule has 0 bridgehead atoms. The van der Waals surface area contributed by atoms with E-state index in [4.69, 9.17) is 9.31 Å². The predicted molar refractivity (Wildman–Crippen MR) is 282 cm³/mol. The monoisotopic (exact) mass is 982 g/mol. The molecule has 2 atom stereocenters. The van der Waals surface area contributed by atoms with Crippen molar-refractivity contribution in [3.8, 4) is 11.1 Å². The van der Waals surface area contributed by atoms with Gasteiger partial charge in [0.15, 0.2) is 11.3 Å². The van der Waals surface area contributed by atoms with E-state index >= 15 is 0 Å². The fourth-order valence-corrected chi connectivity index (χ4v) is 8.23. The first-order valence-corrected chi connectivity index (χ1v) is 23.3. The second kappa shape index (κ2) is 20.2. The van der Waals surface area contributed by atoms with Crippen LogP contribution in [0, 0.1) is 13.8 Å². The van der Waals surface area contributed by atoms with E-state index in [0.717, 1.165) is 88.5 Å². The van der Waals surface area contributed by atoms with Crippen molar-refractivity contribution >= 4 is 84.3 Å². The number of aromatic nitrogens is 10. The summed E-state index contributed by atoms with van der Waals surface area (Å²) in [6.07, 6.45) is 6.79. The highest BCUT2D eigenvalue weighted by molar-refractivity contribution is 9.10. The summed E-state index contributed by atoms with van der Waals surface area (Å²) >= 11 is 3.33. The maximum Gasteiger partial charge on any atom is 0.494 e. The smallest absolute Gasteiger partial charge is 0.399 e. The number of rotatable bonds is 8. The lowest BCUT2D eigenvalue weighted by atomic mass is 9.78. The minimum atomic E-state index is -0.408. The molecule has 0 spiro atoms. The summed E-state index contributed by atoms with van der Waals surface area (Å²) in [6.45, 7) is 16.3. The lowest BCUT2D eigenvalue weighted by Gasteiger charge is -2.32. The molecule has 4 N–H and O–H groups in total. The highest BCUT2D eigenvalue weighted by Crippen LogP contribution is 2.37. The average molecular weight is 984 g/mol. The van der Waals surface area contributed by atoms with Gasteiger partial charge in [0.2, 0.25) is 0 Å². The van der Waals surface area contributed by atoms with Crippen LogP contribution in [-0.2, 0) is 9.31 Å². The number of aromatic amines is 2. The van der Waals surface area contributed by atoms with E-state index in [2.05, 4.69) is 166 Å². The fraction of sp³-hybridized carbons (Fsp3) is 0.245. The first kappa shape index (κ1) is 48.3. The molecule has 1 aliphatic heterocycles. The largest absolute Gasteiger partial charge is 0.494 e. The highest BCUT2D eigenvalue weighted by atomic mass is 79.9. The van der Waals surface area contributed by atoms with Crippen LogP contribution in [0.5, 0.6) is 0 Å². The molecule has 2 unspecified atom stereocenters. The van der Waals surface area contributed by atoms with Crippen molar-refractivity contribution in [2.75, 3.05) is 10.6 Å². The Bertz CT molecular complexity index is 3350. The molecule has 0 aliphatic carbocycles. The zero-order chi connectivity index (χ0) is 47.6. The summed E-state index contributed by atoms with van der Waals surface area (Å²) < 4.78 is 13.4. The molecular formula is C53H56BBrN12O2. The van der Waals surface area contributed by atoms with E-state index in [0.29, 0.717) is 0 Å². The zero-order valence-corrected chi connectivity index (χ0v) is 40.8. The molecule has 350 valence electrons. The van der Waals surface area contributed by atoms with Gasteiger partial charge in [-0.1, -0.05) is 80.2 Å². The maximum absolute atomic E-state index is 6.21. The summed E-state index contributed by atoms with van der Waals surface area (Å²) in [5.74, 6) is 3.38. The number of hydrogen-bond acceptors (Lipinski definition) is 12. The number of halogens is 1. The summed E-state index contributed by atoms with van der Waals surface area (Å²) in [6, 6.07) is 37.2. The Balaban J connectivity index is 0.000000151. The number of H-pyrrole nitrogens is 2. The maximum atomic E-state index is 6.21. The molecule has 1 aliphatic rings. The topological polar surface area (TPSA) is 177 Å². The second-order valence-electron chi connectivity index (χ2n) is 17.9. The summed E-state index contributed by atoms with van der Waals surface area (Å²) in [4.78, 5) is 41.3. The number of hydrogen-bond donors (Lipinski definition) is 4. The lowest BCUT2D eigenvalue weighted by Crippen LogP contribution is -2.41. The van der Waals surface area contributed by atoms with Crippen LogP contribution < -0.4 is 16.1 Å². The molecule has 7 heterocycles. The molecule has 14 nitrogen and oxygen atoms in total. The van der Waals surface area contributed by atoms with Crippen LogP contribution >= 0.6 is 15.9 Å². The summed E-state index contributed by atoms with van der Waals surface area (Å²) in [7, 11) is -0.408. The molecular weight excluding hydrogens is 927 g/mol. The molecule has 6 aromatic heterocycles. The van der Waals surface area contributed by atoms with E-state index in [-0.39, 0.29) is 30.7 Å². The number of imidazole rings is 2. The Kier molecular flexibility index (Phi) is 14.2. The summed E-state index contributed by atoms with van der Waals surface area (Å²) in [5.41, 5.74) is 9.91. The van der Waals surface area contributed by atoms with Crippen molar-refractivity contribution in [3.63, 3.8) is 0 Å². The van der Waals surface area contributed by atoms with Gasteiger partial charge in [0.05, 0.1) is 33.3 Å². The molecule has 16 heteroatoms. The standard InChI is InChI=1S/C23H20N6.C22H26BN3O2.C7H6BrN3.CH4/c1-14(16-6-4-3-5-7-16)27-22-19-10-17(8-9-20(19)25-13-26-22)18-11-21-23(24-12-18)29-15(2)28-21;1-15(16-9-7-6-8-10-16)26-20-18-13-17(11-12-19(18)24-14-25-20)23-27-21(2,3)22(4,5)28-23;1-4-10-6-2-5(8)3-9-7(6)11-4;/h3-14H,1-2H3,(H,24,28,29)(H,25,26,27);6-15H,1-5H3,(H,24,25,26);2-3H,1H3,(H,9,10,11);1H4. The fourth-order valence-electron chi connectivity index (χ4n) is 7.90. The number of nitrogens with zero attached hydrogens (tertiary/aromatic N) is 8. The van der Waals surface area contributed by atoms with Crippen molar-refractivity contribution in [1.82, 2.24) is 49.8 Å². The van der Waals surface area contributed by atoms with Gasteiger partial charge in [-0.05, 0) is 130 Å². The quantitative estimate of drug-likeness (QED) is 0.106. The van der Waals surface area contributed by atoms with Crippen LogP contribution in [0.1, 0.15) is 83.8 Å². The van der Waals surface area contributed by atoms with Crippen LogP contribution in [0.15, 0.2) is 139 Å². The van der Waals surface area contributed by atoms with Crippen molar-refractivity contribution in [2.45, 2.75) is 86.1 Å². The van der Waals surface area contributed by atoms with Crippen LogP contribution in [0.2, 0.25) is 0 Å². The van der Waals surface area contributed by atoms with Gasteiger partial charge in [-0.2, -0.15) is 0 Å². The van der Waals surface area contributed by atoms with Crippen molar-refractivity contribution in [1.29, 1.82) is 0 Å². The number of anilines is 2. The van der Waals surface area contributed by atoms with Crippen molar-refractivity contribution in [3.05, 3.63) is 161 Å². The predicted octanol–water partition coefficient (Wildman–Crippen LogP) is 11.8. The van der Waals surface area contributed by atoms with E-state index in [1.54, 1.807) is 18.9 Å². The van der Waals surface area contributed by atoms with Crippen LogP contribution in [-0.4, -0.2) is 68.2 Å². The molecule has 0 saturated carbocycles. The average Bonchev–Trinajstić information content (AvgIpc) is 3.98. The molecule has 0 amide bonds. The van der Waals surface area contributed by atoms with Gasteiger partial charge in [0.1, 0.15) is 35.9 Å². The lowest BCUT2D eigenvalue weighted by molar-refractivity contribution is 0.00578. The van der Waals surface area contributed by atoms with Gasteiger partial charge in [0, 0.05) is 45.3 Å². The van der Waals surface area contributed by atoms with E-state index in [1.807, 2.05) is 80.7 Å². The second-order valence-corrected chi connectivity index (χ2v) is 18.8.